The van der Waals surface area contributed by atoms with Gasteiger partial charge in [0.2, 0.25) is 0 Å². The minimum Gasteiger partial charge on any atom is -0.478 e. The van der Waals surface area contributed by atoms with Gasteiger partial charge >= 0.3 is 5.97 Å². The second kappa shape index (κ2) is 5.06. The molecule has 0 amide bonds. The number of nitrogens with two attached hydrogens (primary N) is 1. The van der Waals surface area contributed by atoms with Crippen LogP contribution < -0.4 is 10.6 Å². The summed E-state index contributed by atoms with van der Waals surface area (Å²) in [6, 6.07) is 1.71. The van der Waals surface area contributed by atoms with E-state index in [1.54, 1.807) is 6.20 Å². The second-order valence-corrected chi connectivity index (χ2v) is 5.93. The lowest BCUT2D eigenvalue weighted by Gasteiger charge is -2.39. The van der Waals surface area contributed by atoms with Crippen molar-refractivity contribution in [2.45, 2.75) is 25.1 Å². The number of carboxylic acid groups (broad SMARTS) is 1. The van der Waals surface area contributed by atoms with Crippen molar-refractivity contribution >= 4 is 29.2 Å². The van der Waals surface area contributed by atoms with Gasteiger partial charge in [0.1, 0.15) is 5.82 Å². The molecule has 5 nitrogen and oxygen atoms in total. The molecule has 6 heteroatoms. The number of nitrogen functional groups attached to an aromatic ring is 1. The molecule has 0 bridgehead atoms. The highest BCUT2D eigenvalue weighted by atomic mass is 32.2. The van der Waals surface area contributed by atoms with E-state index in [2.05, 4.69) is 23.7 Å². The Morgan fingerprint density at radius 2 is 2.33 bits per heavy atom. The number of thioether (sulfide) groups is 1. The molecular formula is C12H17N3O2S. The lowest BCUT2D eigenvalue weighted by Crippen LogP contribution is -2.45. The van der Waals surface area contributed by atoms with Crippen molar-refractivity contribution in [2.24, 2.45) is 0 Å². The first-order valence-electron chi connectivity index (χ1n) is 5.87. The maximum Gasteiger partial charge on any atom is 0.338 e. The number of aromatic nitrogens is 1. The molecule has 2 unspecified atom stereocenters. The first kappa shape index (κ1) is 13.0. The molecule has 0 aromatic carbocycles. The quantitative estimate of drug-likeness (QED) is 0.849. The van der Waals surface area contributed by atoms with Crippen LogP contribution in [0, 0.1) is 0 Å². The number of anilines is 2. The van der Waals surface area contributed by atoms with Crippen LogP contribution in [0.4, 0.5) is 11.5 Å². The van der Waals surface area contributed by atoms with Gasteiger partial charge in [-0.25, -0.2) is 9.78 Å². The first-order chi connectivity index (χ1) is 8.50. The van der Waals surface area contributed by atoms with Crippen molar-refractivity contribution in [3.05, 3.63) is 17.8 Å². The fraction of sp³-hybridized carbons (Fsp3) is 0.500. The Morgan fingerprint density at radius 3 is 3.00 bits per heavy atom. The van der Waals surface area contributed by atoms with Crippen LogP contribution in [0.25, 0.3) is 0 Å². The number of aromatic carboxylic acids is 1. The summed E-state index contributed by atoms with van der Waals surface area (Å²) in [6.45, 7) is 5.10. The SMILES string of the molecule is CC1SCCN(c2cnc(N)cc2C(=O)O)C1C. The van der Waals surface area contributed by atoms with Gasteiger partial charge in [0.25, 0.3) is 0 Å². The Balaban J connectivity index is 2.40. The van der Waals surface area contributed by atoms with Crippen molar-refractivity contribution < 1.29 is 9.90 Å². The van der Waals surface area contributed by atoms with Crippen LogP contribution in [0.15, 0.2) is 12.3 Å². The summed E-state index contributed by atoms with van der Waals surface area (Å²) in [5.41, 5.74) is 6.45. The van der Waals surface area contributed by atoms with Gasteiger partial charge in [-0.3, -0.25) is 0 Å². The number of carbonyl (C=O) groups is 1. The smallest absolute Gasteiger partial charge is 0.338 e. The zero-order valence-electron chi connectivity index (χ0n) is 10.5. The number of rotatable bonds is 2. The summed E-state index contributed by atoms with van der Waals surface area (Å²) in [4.78, 5) is 17.4. The van der Waals surface area contributed by atoms with E-state index < -0.39 is 5.97 Å². The van der Waals surface area contributed by atoms with Crippen molar-refractivity contribution in [1.82, 2.24) is 4.98 Å². The monoisotopic (exact) mass is 267 g/mol. The summed E-state index contributed by atoms with van der Waals surface area (Å²) in [5.74, 6) is 0.273. The van der Waals surface area contributed by atoms with Crippen molar-refractivity contribution in [3.63, 3.8) is 0 Å². The van der Waals surface area contributed by atoms with Crippen LogP contribution >= 0.6 is 11.8 Å². The molecule has 1 fully saturated rings. The topological polar surface area (TPSA) is 79.5 Å². The van der Waals surface area contributed by atoms with Crippen LogP contribution in [0.3, 0.4) is 0 Å². The predicted octanol–water partition coefficient (Wildman–Crippen LogP) is 1.69. The molecule has 0 aliphatic carbocycles. The zero-order valence-corrected chi connectivity index (χ0v) is 11.3. The summed E-state index contributed by atoms with van der Waals surface area (Å²) in [5, 5.41) is 9.73. The van der Waals surface area contributed by atoms with E-state index >= 15 is 0 Å². The lowest BCUT2D eigenvalue weighted by atomic mass is 10.1. The maximum absolute atomic E-state index is 11.3. The molecule has 0 spiro atoms. The fourth-order valence-electron chi connectivity index (χ4n) is 2.14. The minimum atomic E-state index is -0.961. The molecule has 0 saturated carbocycles. The molecule has 1 aromatic heterocycles. The molecule has 98 valence electrons. The molecule has 0 radical (unpaired) electrons. The number of carboxylic acids is 1. The molecule has 2 heterocycles. The third-order valence-corrected chi connectivity index (χ3v) is 4.67. The van der Waals surface area contributed by atoms with E-state index in [9.17, 15) is 9.90 Å². The molecule has 1 saturated heterocycles. The third kappa shape index (κ3) is 2.38. The summed E-state index contributed by atoms with van der Waals surface area (Å²) in [7, 11) is 0. The van der Waals surface area contributed by atoms with E-state index in [4.69, 9.17) is 5.73 Å². The fourth-order valence-corrected chi connectivity index (χ4v) is 3.24. The lowest BCUT2D eigenvalue weighted by molar-refractivity contribution is 0.0697. The van der Waals surface area contributed by atoms with Crippen molar-refractivity contribution in [2.75, 3.05) is 22.9 Å². The highest BCUT2D eigenvalue weighted by molar-refractivity contribution is 8.00. The van der Waals surface area contributed by atoms with E-state index in [1.807, 2.05) is 11.8 Å². The normalized spacial score (nSPS) is 24.0. The Morgan fingerprint density at radius 1 is 1.61 bits per heavy atom. The second-order valence-electron chi connectivity index (χ2n) is 4.44. The predicted molar refractivity (Wildman–Crippen MR) is 74.3 cm³/mol. The van der Waals surface area contributed by atoms with Crippen LogP contribution in [0.2, 0.25) is 0 Å². The highest BCUT2D eigenvalue weighted by Crippen LogP contribution is 2.31. The number of hydrogen-bond acceptors (Lipinski definition) is 5. The summed E-state index contributed by atoms with van der Waals surface area (Å²) >= 11 is 1.91. The number of pyridine rings is 1. The molecule has 1 aliphatic rings. The summed E-state index contributed by atoms with van der Waals surface area (Å²) in [6.07, 6.45) is 1.57. The molecule has 1 aliphatic heterocycles. The summed E-state index contributed by atoms with van der Waals surface area (Å²) < 4.78 is 0. The van der Waals surface area contributed by atoms with Gasteiger partial charge in [-0.1, -0.05) is 6.92 Å². The minimum absolute atomic E-state index is 0.230. The standard InChI is InChI=1S/C12H17N3O2S/c1-7-8(2)18-4-3-15(7)10-6-14-11(13)5-9(10)12(16)17/h5-8H,3-4H2,1-2H3,(H2,13,14)(H,16,17). The van der Waals surface area contributed by atoms with Gasteiger partial charge < -0.3 is 15.7 Å². The first-order valence-corrected chi connectivity index (χ1v) is 6.92. The van der Waals surface area contributed by atoms with Gasteiger partial charge in [0.15, 0.2) is 0 Å². The Bertz CT molecular complexity index is 467. The van der Waals surface area contributed by atoms with E-state index in [1.165, 1.54) is 6.07 Å². The van der Waals surface area contributed by atoms with Crippen LogP contribution in [-0.4, -0.2) is 39.6 Å². The average Bonchev–Trinajstić information content (AvgIpc) is 2.33. The van der Waals surface area contributed by atoms with E-state index in [0.29, 0.717) is 10.9 Å². The van der Waals surface area contributed by atoms with Crippen LogP contribution in [0.5, 0.6) is 0 Å². The van der Waals surface area contributed by atoms with Gasteiger partial charge in [0, 0.05) is 23.6 Å². The Hall–Kier alpha value is -1.43. The zero-order chi connectivity index (χ0) is 13.3. The van der Waals surface area contributed by atoms with Crippen molar-refractivity contribution in [1.29, 1.82) is 0 Å². The van der Waals surface area contributed by atoms with Crippen molar-refractivity contribution in [3.8, 4) is 0 Å². The Kier molecular flexibility index (Phi) is 3.65. The van der Waals surface area contributed by atoms with Gasteiger partial charge in [-0.15, -0.1) is 0 Å². The third-order valence-electron chi connectivity index (χ3n) is 3.33. The molecule has 18 heavy (non-hydrogen) atoms. The van der Waals surface area contributed by atoms with Gasteiger partial charge in [-0.2, -0.15) is 11.8 Å². The van der Waals surface area contributed by atoms with E-state index in [-0.39, 0.29) is 17.4 Å². The Labute approximate surface area is 110 Å². The van der Waals surface area contributed by atoms with E-state index in [0.717, 1.165) is 12.3 Å². The van der Waals surface area contributed by atoms with Crippen LogP contribution in [-0.2, 0) is 0 Å². The van der Waals surface area contributed by atoms with Gasteiger partial charge in [0.05, 0.1) is 17.4 Å². The number of hydrogen-bond donors (Lipinski definition) is 2. The molecule has 1 aromatic rings. The molecule has 2 atom stereocenters. The number of nitrogens with zero attached hydrogens (tertiary/aromatic N) is 2. The molecule has 2 rings (SSSR count). The molecule has 3 N–H and O–H groups in total. The largest absolute Gasteiger partial charge is 0.478 e. The highest BCUT2D eigenvalue weighted by Gasteiger charge is 2.28. The maximum atomic E-state index is 11.3. The average molecular weight is 267 g/mol. The van der Waals surface area contributed by atoms with Gasteiger partial charge in [-0.05, 0) is 13.0 Å². The van der Waals surface area contributed by atoms with Crippen LogP contribution in [0.1, 0.15) is 24.2 Å². The molecular weight excluding hydrogens is 250 g/mol.